The van der Waals surface area contributed by atoms with Gasteiger partial charge in [0.1, 0.15) is 6.33 Å². The third-order valence-electron chi connectivity index (χ3n) is 2.65. The summed E-state index contributed by atoms with van der Waals surface area (Å²) in [6.07, 6.45) is 7.38. The van der Waals surface area contributed by atoms with Crippen LogP contribution in [-0.2, 0) is 7.05 Å². The van der Waals surface area contributed by atoms with Crippen LogP contribution >= 0.6 is 0 Å². The van der Waals surface area contributed by atoms with Crippen molar-refractivity contribution in [1.29, 1.82) is 0 Å². The minimum atomic E-state index is 0.879. The lowest BCUT2D eigenvalue weighted by molar-refractivity contribution is 0.912. The number of aryl methyl sites for hydroxylation is 1. The minimum Gasteiger partial charge on any atom is -0.338 e. The molecule has 4 heteroatoms. The van der Waals surface area contributed by atoms with Gasteiger partial charge in [0, 0.05) is 18.8 Å². The number of hydrogen-bond acceptors (Lipinski definition) is 2. The van der Waals surface area contributed by atoms with E-state index in [-0.39, 0.29) is 0 Å². The molecule has 3 rings (SSSR count). The Bertz CT molecular complexity index is 622. The van der Waals surface area contributed by atoms with E-state index in [1.165, 1.54) is 0 Å². The van der Waals surface area contributed by atoms with E-state index >= 15 is 0 Å². The van der Waals surface area contributed by atoms with Crippen LogP contribution in [0.3, 0.4) is 0 Å². The molecule has 0 aliphatic heterocycles. The van der Waals surface area contributed by atoms with Crippen LogP contribution in [0.2, 0.25) is 0 Å². The van der Waals surface area contributed by atoms with Gasteiger partial charge in [0.25, 0.3) is 0 Å². The van der Waals surface area contributed by atoms with Crippen LogP contribution in [0, 0.1) is 0 Å². The average molecular weight is 224 g/mol. The molecule has 17 heavy (non-hydrogen) atoms. The van der Waals surface area contributed by atoms with Crippen molar-refractivity contribution in [1.82, 2.24) is 19.1 Å². The first-order chi connectivity index (χ1) is 8.34. The summed E-state index contributed by atoms with van der Waals surface area (Å²) in [5.74, 6) is 0.879. The smallest absolute Gasteiger partial charge is 0.156 e. The Kier molecular flexibility index (Phi) is 2.26. The normalized spacial score (nSPS) is 10.6. The average Bonchev–Trinajstić information content (AvgIpc) is 2.98. The predicted octanol–water partition coefficient (Wildman–Crippen LogP) is 2.27. The van der Waals surface area contributed by atoms with Crippen LogP contribution in [0.4, 0.5) is 0 Å². The van der Waals surface area contributed by atoms with Gasteiger partial charge in [-0.2, -0.15) is 0 Å². The second-order valence-corrected chi connectivity index (χ2v) is 3.91. The van der Waals surface area contributed by atoms with E-state index in [1.807, 2.05) is 46.8 Å². The summed E-state index contributed by atoms with van der Waals surface area (Å²) in [5.41, 5.74) is 2.18. The van der Waals surface area contributed by atoms with E-state index in [0.717, 1.165) is 17.1 Å². The van der Waals surface area contributed by atoms with E-state index in [9.17, 15) is 0 Å². The Balaban J connectivity index is 2.12. The molecule has 0 bridgehead atoms. The maximum Gasteiger partial charge on any atom is 0.156 e. The van der Waals surface area contributed by atoms with Gasteiger partial charge in [0.05, 0.1) is 18.2 Å². The lowest BCUT2D eigenvalue weighted by Crippen LogP contribution is -1.95. The van der Waals surface area contributed by atoms with Gasteiger partial charge in [-0.1, -0.05) is 30.3 Å². The van der Waals surface area contributed by atoms with Gasteiger partial charge < -0.3 is 4.57 Å². The summed E-state index contributed by atoms with van der Waals surface area (Å²) < 4.78 is 3.90. The highest BCUT2D eigenvalue weighted by molar-refractivity contribution is 5.60. The second-order valence-electron chi connectivity index (χ2n) is 3.91. The number of nitrogens with zero attached hydrogens (tertiary/aromatic N) is 4. The van der Waals surface area contributed by atoms with Gasteiger partial charge in [-0.25, -0.2) is 9.97 Å². The van der Waals surface area contributed by atoms with Crippen molar-refractivity contribution >= 4 is 0 Å². The van der Waals surface area contributed by atoms with E-state index < -0.39 is 0 Å². The van der Waals surface area contributed by atoms with Crippen molar-refractivity contribution in [2.45, 2.75) is 0 Å². The number of imidazole rings is 2. The van der Waals surface area contributed by atoms with Gasteiger partial charge in [-0.3, -0.25) is 4.57 Å². The molecular weight excluding hydrogens is 212 g/mol. The second kappa shape index (κ2) is 3.90. The molecule has 4 nitrogen and oxygen atoms in total. The molecule has 0 atom stereocenters. The Morgan fingerprint density at radius 3 is 2.59 bits per heavy atom. The molecule has 2 aromatic heterocycles. The number of rotatable bonds is 2. The van der Waals surface area contributed by atoms with E-state index in [1.54, 1.807) is 12.7 Å². The number of benzene rings is 1. The highest BCUT2D eigenvalue weighted by Crippen LogP contribution is 2.21. The topological polar surface area (TPSA) is 35.6 Å². The summed E-state index contributed by atoms with van der Waals surface area (Å²) in [6.45, 7) is 0. The first-order valence-electron chi connectivity index (χ1n) is 5.41. The summed E-state index contributed by atoms with van der Waals surface area (Å²) in [7, 11) is 1.95. The van der Waals surface area contributed by atoms with Crippen LogP contribution in [0.1, 0.15) is 0 Å². The molecule has 3 aromatic rings. The van der Waals surface area contributed by atoms with E-state index in [2.05, 4.69) is 22.1 Å². The first kappa shape index (κ1) is 9.84. The zero-order valence-corrected chi connectivity index (χ0v) is 9.49. The molecule has 0 fully saturated rings. The van der Waals surface area contributed by atoms with Crippen molar-refractivity contribution in [3.63, 3.8) is 0 Å². The third-order valence-corrected chi connectivity index (χ3v) is 2.65. The molecule has 0 N–H and O–H groups in total. The molecule has 0 radical (unpaired) electrons. The van der Waals surface area contributed by atoms with Gasteiger partial charge in [-0.05, 0) is 0 Å². The van der Waals surface area contributed by atoms with Crippen molar-refractivity contribution in [2.24, 2.45) is 7.05 Å². The van der Waals surface area contributed by atoms with Gasteiger partial charge in [0.15, 0.2) is 5.82 Å². The molecule has 0 aliphatic rings. The SMILES string of the molecule is Cn1cnc(-n2cncc2-c2ccccc2)c1. The molecule has 0 saturated carbocycles. The Labute approximate surface area is 99.2 Å². The van der Waals surface area contributed by atoms with E-state index in [0.29, 0.717) is 0 Å². The zero-order valence-electron chi connectivity index (χ0n) is 9.49. The van der Waals surface area contributed by atoms with Gasteiger partial charge in [0.2, 0.25) is 0 Å². The fourth-order valence-corrected chi connectivity index (χ4v) is 1.82. The van der Waals surface area contributed by atoms with Gasteiger partial charge in [-0.15, -0.1) is 0 Å². The molecule has 0 saturated heterocycles. The highest BCUT2D eigenvalue weighted by Gasteiger charge is 2.07. The molecule has 84 valence electrons. The summed E-state index contributed by atoms with van der Waals surface area (Å²) >= 11 is 0. The fraction of sp³-hybridized carbons (Fsp3) is 0.0769. The van der Waals surface area contributed by atoms with Crippen molar-refractivity contribution in [3.8, 4) is 17.1 Å². The van der Waals surface area contributed by atoms with Crippen LogP contribution in [0.5, 0.6) is 0 Å². The Morgan fingerprint density at radius 2 is 1.88 bits per heavy atom. The minimum absolute atomic E-state index is 0.879. The maximum atomic E-state index is 4.33. The summed E-state index contributed by atoms with van der Waals surface area (Å²) in [5, 5.41) is 0. The third kappa shape index (κ3) is 1.73. The Hall–Kier alpha value is -2.36. The summed E-state index contributed by atoms with van der Waals surface area (Å²) in [4.78, 5) is 8.53. The van der Waals surface area contributed by atoms with Crippen molar-refractivity contribution < 1.29 is 0 Å². The molecule has 0 unspecified atom stereocenters. The quantitative estimate of drug-likeness (QED) is 0.669. The highest BCUT2D eigenvalue weighted by atomic mass is 15.2. The maximum absolute atomic E-state index is 4.33. The molecule has 1 aromatic carbocycles. The van der Waals surface area contributed by atoms with Crippen molar-refractivity contribution in [2.75, 3.05) is 0 Å². The number of hydrogen-bond donors (Lipinski definition) is 0. The fourth-order valence-electron chi connectivity index (χ4n) is 1.82. The lowest BCUT2D eigenvalue weighted by atomic mass is 10.2. The predicted molar refractivity (Wildman–Crippen MR) is 65.8 cm³/mol. The molecule has 0 spiro atoms. The lowest BCUT2D eigenvalue weighted by Gasteiger charge is -2.04. The van der Waals surface area contributed by atoms with E-state index in [4.69, 9.17) is 0 Å². The molecule has 0 aliphatic carbocycles. The van der Waals surface area contributed by atoms with Gasteiger partial charge >= 0.3 is 0 Å². The molecule has 0 amide bonds. The zero-order chi connectivity index (χ0) is 11.7. The monoisotopic (exact) mass is 224 g/mol. The first-order valence-corrected chi connectivity index (χ1v) is 5.41. The largest absolute Gasteiger partial charge is 0.338 e. The van der Waals surface area contributed by atoms with Crippen LogP contribution in [0.15, 0.2) is 55.4 Å². The molecule has 2 heterocycles. The summed E-state index contributed by atoms with van der Waals surface area (Å²) in [6, 6.07) is 10.2. The number of aromatic nitrogens is 4. The van der Waals surface area contributed by atoms with Crippen LogP contribution < -0.4 is 0 Å². The standard InChI is InChI=1S/C13H12N4/c1-16-8-13(15-10-16)17-9-14-7-12(17)11-5-3-2-4-6-11/h2-10H,1H3. The van der Waals surface area contributed by atoms with Crippen LogP contribution in [-0.4, -0.2) is 19.1 Å². The van der Waals surface area contributed by atoms with Crippen LogP contribution in [0.25, 0.3) is 17.1 Å². The van der Waals surface area contributed by atoms with Crippen molar-refractivity contribution in [3.05, 3.63) is 55.4 Å². The Morgan fingerprint density at radius 1 is 1.06 bits per heavy atom. The molecular formula is C13H12N4.